The maximum absolute atomic E-state index is 13.9. The highest BCUT2D eigenvalue weighted by atomic mass is 79.9. The molecule has 11 heteroatoms. The highest BCUT2D eigenvalue weighted by Crippen LogP contribution is 2.35. The molecule has 4 rings (SSSR count). The molecule has 2 aromatic carbocycles. The van der Waals surface area contributed by atoms with Gasteiger partial charge in [0.15, 0.2) is 0 Å². The van der Waals surface area contributed by atoms with Crippen molar-refractivity contribution in [1.82, 2.24) is 10.3 Å². The molecular formula is C31H35BrF3N3O4. The summed E-state index contributed by atoms with van der Waals surface area (Å²) in [7, 11) is 0. The minimum atomic E-state index is -4.90. The van der Waals surface area contributed by atoms with Crippen LogP contribution >= 0.6 is 15.9 Å². The van der Waals surface area contributed by atoms with Crippen molar-refractivity contribution >= 4 is 44.5 Å². The summed E-state index contributed by atoms with van der Waals surface area (Å²) in [5.41, 5.74) is 1.37. The van der Waals surface area contributed by atoms with Gasteiger partial charge in [0.1, 0.15) is 17.2 Å². The Morgan fingerprint density at radius 1 is 1.10 bits per heavy atom. The zero-order chi connectivity index (χ0) is 30.7. The number of amides is 1. The van der Waals surface area contributed by atoms with E-state index in [2.05, 4.69) is 30.9 Å². The zero-order valence-corrected chi connectivity index (χ0v) is 25.7. The van der Waals surface area contributed by atoms with Crippen LogP contribution < -0.4 is 15.0 Å². The normalized spacial score (nSPS) is 14.6. The fourth-order valence-electron chi connectivity index (χ4n) is 5.24. The smallest absolute Gasteiger partial charge is 0.460 e. The molecule has 1 saturated heterocycles. The van der Waals surface area contributed by atoms with Crippen LogP contribution in [0.25, 0.3) is 10.9 Å². The van der Waals surface area contributed by atoms with Crippen LogP contribution in [0.5, 0.6) is 5.75 Å². The van der Waals surface area contributed by atoms with Gasteiger partial charge in [0.2, 0.25) is 0 Å². The van der Waals surface area contributed by atoms with Crippen LogP contribution in [0.15, 0.2) is 46.9 Å². The van der Waals surface area contributed by atoms with E-state index in [1.54, 1.807) is 26.8 Å². The topological polar surface area (TPSA) is 80.8 Å². The number of aromatic nitrogens is 1. The lowest BCUT2D eigenvalue weighted by Gasteiger charge is -2.24. The van der Waals surface area contributed by atoms with Crippen molar-refractivity contribution in [3.8, 4) is 5.75 Å². The molecule has 0 aliphatic carbocycles. The average Bonchev–Trinajstić information content (AvgIpc) is 3.42. The summed E-state index contributed by atoms with van der Waals surface area (Å²) in [4.78, 5) is 33.4. The Balaban J connectivity index is 1.66. The number of hydrogen-bond donors (Lipinski definition) is 1. The quantitative estimate of drug-likeness (QED) is 0.243. The first-order valence-electron chi connectivity index (χ1n) is 13.9. The fraction of sp³-hybridized carbons (Fsp3) is 0.452. The molecule has 42 heavy (non-hydrogen) atoms. The lowest BCUT2D eigenvalue weighted by molar-refractivity contribution is -0.275. The van der Waals surface area contributed by atoms with Crippen LogP contribution in [-0.2, 0) is 9.53 Å². The van der Waals surface area contributed by atoms with Gasteiger partial charge in [-0.15, -0.1) is 13.2 Å². The Hall–Kier alpha value is -3.34. The minimum absolute atomic E-state index is 0.0316. The maximum atomic E-state index is 13.9. The monoisotopic (exact) mass is 649 g/mol. The van der Waals surface area contributed by atoms with E-state index in [1.165, 1.54) is 18.2 Å². The summed E-state index contributed by atoms with van der Waals surface area (Å²) in [6.45, 7) is 8.75. The molecule has 0 saturated carbocycles. The second kappa shape index (κ2) is 12.9. The lowest BCUT2D eigenvalue weighted by atomic mass is 9.92. The second-order valence-corrected chi connectivity index (χ2v) is 12.3. The first-order chi connectivity index (χ1) is 19.7. The summed E-state index contributed by atoms with van der Waals surface area (Å²) < 4.78 is 50.2. The summed E-state index contributed by atoms with van der Waals surface area (Å²) in [5.74, 6) is -1.16. The third-order valence-corrected chi connectivity index (χ3v) is 7.50. The van der Waals surface area contributed by atoms with Gasteiger partial charge in [-0.3, -0.25) is 9.59 Å². The molecular weight excluding hydrogens is 615 g/mol. The Labute approximate surface area is 251 Å². The van der Waals surface area contributed by atoms with Gasteiger partial charge in [-0.25, -0.2) is 4.98 Å². The number of carbonyl (C=O) groups excluding carboxylic acids is 2. The fourth-order valence-corrected chi connectivity index (χ4v) is 5.60. The highest BCUT2D eigenvalue weighted by molar-refractivity contribution is 9.10. The highest BCUT2D eigenvalue weighted by Gasteiger charge is 2.33. The van der Waals surface area contributed by atoms with Crippen LogP contribution in [0.4, 0.5) is 19.0 Å². The summed E-state index contributed by atoms with van der Waals surface area (Å²) in [6, 6.07) is 11.3. The minimum Gasteiger partial charge on any atom is -0.460 e. The number of carbonyl (C=O) groups is 2. The van der Waals surface area contributed by atoms with Crippen molar-refractivity contribution in [3.63, 3.8) is 0 Å². The molecule has 1 N–H and O–H groups in total. The predicted octanol–water partition coefficient (Wildman–Crippen LogP) is 7.44. The Bertz CT molecular complexity index is 1450. The van der Waals surface area contributed by atoms with Gasteiger partial charge in [0.25, 0.3) is 5.91 Å². The summed E-state index contributed by atoms with van der Waals surface area (Å²) >= 11 is 3.48. The molecule has 1 aliphatic heterocycles. The average molecular weight is 651 g/mol. The molecule has 1 unspecified atom stereocenters. The number of para-hydroxylation sites is 1. The van der Waals surface area contributed by atoms with Gasteiger partial charge >= 0.3 is 12.3 Å². The summed E-state index contributed by atoms with van der Waals surface area (Å²) in [5, 5.41) is 3.60. The molecule has 1 aromatic heterocycles. The van der Waals surface area contributed by atoms with Crippen LogP contribution in [0, 0.1) is 6.92 Å². The van der Waals surface area contributed by atoms with Gasteiger partial charge in [-0.2, -0.15) is 0 Å². The second-order valence-electron chi connectivity index (χ2n) is 11.4. The van der Waals surface area contributed by atoms with E-state index in [0.29, 0.717) is 16.5 Å². The molecule has 1 amide bonds. The van der Waals surface area contributed by atoms with E-state index in [1.807, 2.05) is 25.1 Å². The lowest BCUT2D eigenvalue weighted by Crippen LogP contribution is -2.31. The van der Waals surface area contributed by atoms with Crippen LogP contribution in [-0.4, -0.2) is 48.5 Å². The molecule has 1 aliphatic rings. The number of ether oxygens (including phenoxy) is 2. The number of nitrogens with zero attached hydrogens (tertiary/aromatic N) is 2. The number of anilines is 1. The number of pyridine rings is 1. The number of fused-ring (bicyclic) bond motifs is 1. The maximum Gasteiger partial charge on any atom is 0.573 e. The molecule has 1 atom stereocenters. The Morgan fingerprint density at radius 2 is 1.79 bits per heavy atom. The van der Waals surface area contributed by atoms with Crippen LogP contribution in [0.2, 0.25) is 0 Å². The SMILES string of the molecule is Cc1c(N2CCCC2)nc2ccc(Br)cc2c1C(=O)NCC(CCC(=O)OC(C)(C)C)c1ccccc1OC(F)(F)F. The van der Waals surface area contributed by atoms with Crippen molar-refractivity contribution < 1.29 is 32.2 Å². The van der Waals surface area contributed by atoms with E-state index >= 15 is 0 Å². The number of hydrogen-bond acceptors (Lipinski definition) is 6. The van der Waals surface area contributed by atoms with Crippen LogP contribution in [0.1, 0.15) is 73.9 Å². The standard InChI is InChI=1S/C31H35BrF3N3O4/c1-19-27(23-17-21(32)12-13-24(23)37-28(19)38-15-7-8-16-38)29(40)36-18-20(11-14-26(39)42-30(2,3)4)22-9-5-6-10-25(22)41-31(33,34)35/h5-6,9-10,12-13,17,20H,7-8,11,14-16,18H2,1-4H3,(H,36,40). The van der Waals surface area contributed by atoms with Gasteiger partial charge in [-0.1, -0.05) is 34.1 Å². The van der Waals surface area contributed by atoms with Gasteiger partial charge < -0.3 is 19.7 Å². The van der Waals surface area contributed by atoms with Crippen LogP contribution in [0.3, 0.4) is 0 Å². The number of alkyl halides is 3. The van der Waals surface area contributed by atoms with Crippen molar-refractivity contribution in [3.05, 3.63) is 63.6 Å². The number of rotatable bonds is 9. The van der Waals surface area contributed by atoms with E-state index < -0.39 is 23.9 Å². The number of halogens is 4. The largest absolute Gasteiger partial charge is 0.573 e. The number of nitrogens with one attached hydrogen (secondary N) is 1. The Kier molecular flexibility index (Phi) is 9.70. The third kappa shape index (κ3) is 8.14. The van der Waals surface area contributed by atoms with Crippen molar-refractivity contribution in [2.45, 2.75) is 71.3 Å². The van der Waals surface area contributed by atoms with E-state index in [4.69, 9.17) is 9.72 Å². The molecule has 7 nitrogen and oxygen atoms in total. The van der Waals surface area contributed by atoms with Crippen molar-refractivity contribution in [1.29, 1.82) is 0 Å². The molecule has 0 bridgehead atoms. The van der Waals surface area contributed by atoms with E-state index in [0.717, 1.165) is 41.8 Å². The molecule has 2 heterocycles. The number of benzene rings is 2. The molecule has 0 radical (unpaired) electrons. The molecule has 3 aromatic rings. The number of esters is 1. The predicted molar refractivity (Wildman–Crippen MR) is 159 cm³/mol. The van der Waals surface area contributed by atoms with Gasteiger partial charge in [0, 0.05) is 47.4 Å². The Morgan fingerprint density at radius 3 is 2.45 bits per heavy atom. The van der Waals surface area contributed by atoms with E-state index in [-0.39, 0.29) is 36.6 Å². The van der Waals surface area contributed by atoms with E-state index in [9.17, 15) is 22.8 Å². The van der Waals surface area contributed by atoms with Crippen molar-refractivity contribution in [2.24, 2.45) is 0 Å². The van der Waals surface area contributed by atoms with Gasteiger partial charge in [-0.05, 0) is 76.8 Å². The van der Waals surface area contributed by atoms with Crippen molar-refractivity contribution in [2.75, 3.05) is 24.5 Å². The first kappa shape index (κ1) is 31.6. The molecule has 0 spiro atoms. The third-order valence-electron chi connectivity index (χ3n) is 7.01. The zero-order valence-electron chi connectivity index (χ0n) is 24.1. The summed E-state index contributed by atoms with van der Waals surface area (Å²) in [6.07, 6.45) is -2.74. The molecule has 226 valence electrons. The molecule has 1 fully saturated rings. The first-order valence-corrected chi connectivity index (χ1v) is 14.7. The van der Waals surface area contributed by atoms with Gasteiger partial charge in [0.05, 0.1) is 11.1 Å².